The second kappa shape index (κ2) is 5.41. The molecule has 2 aromatic rings. The Kier molecular flexibility index (Phi) is 3.86. The number of hydrogen-bond donors (Lipinski definition) is 1. The van der Waals surface area contributed by atoms with E-state index in [1.54, 1.807) is 12.1 Å². The first kappa shape index (κ1) is 13.6. The number of rotatable bonds is 3. The molecule has 0 saturated carbocycles. The van der Waals surface area contributed by atoms with Crippen LogP contribution in [-0.2, 0) is 0 Å². The van der Waals surface area contributed by atoms with Crippen molar-refractivity contribution in [2.75, 3.05) is 0 Å². The Morgan fingerprint density at radius 2 is 1.74 bits per heavy atom. The summed E-state index contributed by atoms with van der Waals surface area (Å²) in [6, 6.07) is 10.3. The van der Waals surface area contributed by atoms with Crippen molar-refractivity contribution in [3.63, 3.8) is 0 Å². The molecule has 1 atom stereocenters. The summed E-state index contributed by atoms with van der Waals surface area (Å²) in [6.45, 7) is 5.77. The Balaban J connectivity index is 2.42. The third-order valence-electron chi connectivity index (χ3n) is 2.90. The number of aryl methyl sites for hydroxylation is 2. The third-order valence-corrected chi connectivity index (χ3v) is 2.90. The Morgan fingerprint density at radius 3 is 2.32 bits per heavy atom. The van der Waals surface area contributed by atoms with Gasteiger partial charge in [0.05, 0.1) is 0 Å². The molecule has 0 aliphatic heterocycles. The van der Waals surface area contributed by atoms with Crippen LogP contribution < -0.4 is 10.5 Å². The summed E-state index contributed by atoms with van der Waals surface area (Å²) in [5, 5.41) is 0. The minimum atomic E-state index is -0.394. The summed E-state index contributed by atoms with van der Waals surface area (Å²) < 4.78 is 19.6. The lowest BCUT2D eigenvalue weighted by Gasteiger charge is -2.15. The van der Waals surface area contributed by atoms with Crippen molar-refractivity contribution in [2.45, 2.75) is 26.8 Å². The molecule has 0 bridgehead atoms. The third kappa shape index (κ3) is 3.12. The maximum atomic E-state index is 13.9. The molecular formula is C16H18FNO. The highest BCUT2D eigenvalue weighted by molar-refractivity contribution is 5.42. The van der Waals surface area contributed by atoms with Crippen LogP contribution in [0.2, 0.25) is 0 Å². The van der Waals surface area contributed by atoms with Gasteiger partial charge in [-0.3, -0.25) is 0 Å². The van der Waals surface area contributed by atoms with E-state index in [2.05, 4.69) is 0 Å². The Morgan fingerprint density at radius 1 is 1.11 bits per heavy atom. The first-order chi connectivity index (χ1) is 8.97. The molecule has 19 heavy (non-hydrogen) atoms. The van der Waals surface area contributed by atoms with Gasteiger partial charge in [-0.1, -0.05) is 18.2 Å². The van der Waals surface area contributed by atoms with Crippen LogP contribution in [0.25, 0.3) is 0 Å². The molecule has 0 aromatic heterocycles. The van der Waals surface area contributed by atoms with Crippen molar-refractivity contribution in [3.8, 4) is 11.5 Å². The maximum Gasteiger partial charge on any atom is 0.167 e. The van der Waals surface area contributed by atoms with Crippen LogP contribution in [0.5, 0.6) is 11.5 Å². The van der Waals surface area contributed by atoms with Gasteiger partial charge in [0.15, 0.2) is 11.6 Å². The molecule has 3 heteroatoms. The van der Waals surface area contributed by atoms with Crippen LogP contribution in [0, 0.1) is 19.7 Å². The molecule has 2 aromatic carbocycles. The highest BCUT2D eigenvalue weighted by Gasteiger charge is 2.14. The zero-order valence-corrected chi connectivity index (χ0v) is 11.4. The second-order valence-electron chi connectivity index (χ2n) is 4.87. The quantitative estimate of drug-likeness (QED) is 0.894. The monoisotopic (exact) mass is 259 g/mol. The van der Waals surface area contributed by atoms with E-state index in [9.17, 15) is 4.39 Å². The summed E-state index contributed by atoms with van der Waals surface area (Å²) in [5.74, 6) is 0.445. The molecule has 2 N–H and O–H groups in total. The van der Waals surface area contributed by atoms with Crippen LogP contribution in [0.3, 0.4) is 0 Å². The van der Waals surface area contributed by atoms with E-state index < -0.39 is 5.82 Å². The zero-order valence-electron chi connectivity index (χ0n) is 11.4. The molecular weight excluding hydrogens is 241 g/mol. The number of ether oxygens (including phenoxy) is 1. The standard InChI is InChI=1S/C16H18FNO/c1-10-7-11(2)9-13(8-10)19-16-14(12(3)18)5-4-6-15(16)17/h4-9,12H,18H2,1-3H3/t12-/m0/s1. The fourth-order valence-electron chi connectivity index (χ4n) is 2.10. The molecule has 0 aliphatic rings. The van der Waals surface area contributed by atoms with Gasteiger partial charge in [0.2, 0.25) is 0 Å². The highest BCUT2D eigenvalue weighted by atomic mass is 19.1. The second-order valence-corrected chi connectivity index (χ2v) is 4.87. The van der Waals surface area contributed by atoms with Crippen molar-refractivity contribution in [1.29, 1.82) is 0 Å². The molecule has 0 heterocycles. The molecule has 0 amide bonds. The van der Waals surface area contributed by atoms with Crippen molar-refractivity contribution in [2.24, 2.45) is 5.73 Å². The van der Waals surface area contributed by atoms with Gasteiger partial charge >= 0.3 is 0 Å². The van der Waals surface area contributed by atoms with Crippen LogP contribution in [0.15, 0.2) is 36.4 Å². The van der Waals surface area contributed by atoms with Gasteiger partial charge in [0.1, 0.15) is 5.75 Å². The molecule has 2 nitrogen and oxygen atoms in total. The molecule has 2 rings (SSSR count). The van der Waals surface area contributed by atoms with Crippen molar-refractivity contribution >= 4 is 0 Å². The normalized spacial score (nSPS) is 12.3. The lowest BCUT2D eigenvalue weighted by Crippen LogP contribution is -2.07. The van der Waals surface area contributed by atoms with Gasteiger partial charge in [-0.2, -0.15) is 0 Å². The van der Waals surface area contributed by atoms with Crippen molar-refractivity contribution in [1.82, 2.24) is 0 Å². The van der Waals surface area contributed by atoms with E-state index in [-0.39, 0.29) is 11.8 Å². The first-order valence-corrected chi connectivity index (χ1v) is 6.27. The van der Waals surface area contributed by atoms with Crippen LogP contribution >= 0.6 is 0 Å². The van der Waals surface area contributed by atoms with E-state index in [0.717, 1.165) is 11.1 Å². The maximum absolute atomic E-state index is 13.9. The molecule has 100 valence electrons. The van der Waals surface area contributed by atoms with Gasteiger partial charge in [-0.05, 0) is 50.1 Å². The van der Waals surface area contributed by atoms with Crippen molar-refractivity contribution < 1.29 is 9.13 Å². The van der Waals surface area contributed by atoms with Crippen LogP contribution in [0.4, 0.5) is 4.39 Å². The zero-order chi connectivity index (χ0) is 14.0. The molecule has 0 aliphatic carbocycles. The molecule has 0 fully saturated rings. The van der Waals surface area contributed by atoms with Gasteiger partial charge in [0.25, 0.3) is 0 Å². The van der Waals surface area contributed by atoms with Crippen LogP contribution in [-0.4, -0.2) is 0 Å². The highest BCUT2D eigenvalue weighted by Crippen LogP contribution is 2.32. The average Bonchev–Trinajstić information content (AvgIpc) is 2.30. The first-order valence-electron chi connectivity index (χ1n) is 6.27. The largest absolute Gasteiger partial charge is 0.454 e. The van der Waals surface area contributed by atoms with Gasteiger partial charge in [-0.25, -0.2) is 4.39 Å². The van der Waals surface area contributed by atoms with Gasteiger partial charge < -0.3 is 10.5 Å². The van der Waals surface area contributed by atoms with Crippen molar-refractivity contribution in [3.05, 3.63) is 58.9 Å². The summed E-state index contributed by atoms with van der Waals surface area (Å²) in [7, 11) is 0. The molecule has 0 radical (unpaired) electrons. The topological polar surface area (TPSA) is 35.2 Å². The van der Waals surface area contributed by atoms with E-state index in [1.165, 1.54) is 6.07 Å². The van der Waals surface area contributed by atoms with Gasteiger partial charge in [-0.15, -0.1) is 0 Å². The van der Waals surface area contributed by atoms with E-state index in [1.807, 2.05) is 39.0 Å². The summed E-state index contributed by atoms with van der Waals surface area (Å²) >= 11 is 0. The summed E-state index contributed by atoms with van der Waals surface area (Å²) in [6.07, 6.45) is 0. The number of benzene rings is 2. The Hall–Kier alpha value is -1.87. The predicted octanol–water partition coefficient (Wildman–Crippen LogP) is 4.25. The predicted molar refractivity (Wildman–Crippen MR) is 75.0 cm³/mol. The number of nitrogens with two attached hydrogens (primary N) is 1. The SMILES string of the molecule is Cc1cc(C)cc(Oc2c(F)cccc2[C@H](C)N)c1. The lowest BCUT2D eigenvalue weighted by molar-refractivity contribution is 0.432. The van der Waals surface area contributed by atoms with Gasteiger partial charge in [0, 0.05) is 11.6 Å². The smallest absolute Gasteiger partial charge is 0.167 e. The number of para-hydroxylation sites is 1. The van der Waals surface area contributed by atoms with E-state index >= 15 is 0 Å². The lowest BCUT2D eigenvalue weighted by atomic mass is 10.1. The number of hydrogen-bond acceptors (Lipinski definition) is 2. The Labute approximate surface area is 113 Å². The van der Waals surface area contributed by atoms with Crippen LogP contribution in [0.1, 0.15) is 29.7 Å². The fourth-order valence-corrected chi connectivity index (χ4v) is 2.10. The minimum Gasteiger partial charge on any atom is -0.454 e. The molecule has 0 spiro atoms. The van der Waals surface area contributed by atoms with E-state index in [0.29, 0.717) is 11.3 Å². The minimum absolute atomic E-state index is 0.211. The Bertz CT molecular complexity index is 573. The molecule has 0 saturated heterocycles. The fraction of sp³-hybridized carbons (Fsp3) is 0.250. The number of halogens is 1. The summed E-state index contributed by atoms with van der Waals surface area (Å²) in [5.41, 5.74) is 8.67. The summed E-state index contributed by atoms with van der Waals surface area (Å²) in [4.78, 5) is 0. The van der Waals surface area contributed by atoms with E-state index in [4.69, 9.17) is 10.5 Å². The average molecular weight is 259 g/mol. The molecule has 0 unspecified atom stereocenters.